The zero-order chi connectivity index (χ0) is 22.4. The van der Waals surface area contributed by atoms with E-state index >= 15 is 0 Å². The summed E-state index contributed by atoms with van der Waals surface area (Å²) in [7, 11) is 2.41. The SMILES string of the molecule is CC(C)=CCCC1(C)C2CC[C@]34CCCC3C1(CCCOCc1ccccc1)C=[N+](C)C24. The Bertz CT molecular complexity index is 883. The van der Waals surface area contributed by atoms with Gasteiger partial charge in [-0.05, 0) is 82.1 Å². The maximum absolute atomic E-state index is 6.16. The number of ether oxygens (including phenoxy) is 1. The highest BCUT2D eigenvalue weighted by molar-refractivity contribution is 5.67. The van der Waals surface area contributed by atoms with Gasteiger partial charge in [0.25, 0.3) is 0 Å². The van der Waals surface area contributed by atoms with E-state index in [1.54, 1.807) is 0 Å². The van der Waals surface area contributed by atoms with Gasteiger partial charge in [-0.2, -0.15) is 0 Å². The largest absolute Gasteiger partial charge is 0.377 e. The van der Waals surface area contributed by atoms with Gasteiger partial charge in [0.1, 0.15) is 13.3 Å². The summed E-state index contributed by atoms with van der Waals surface area (Å²) in [5, 5.41) is 0. The van der Waals surface area contributed by atoms with Gasteiger partial charge in [-0.3, -0.25) is 0 Å². The van der Waals surface area contributed by atoms with E-state index in [1.807, 2.05) is 0 Å². The van der Waals surface area contributed by atoms with E-state index in [9.17, 15) is 0 Å². The first-order valence-corrected chi connectivity index (χ1v) is 13.3. The monoisotopic (exact) mass is 434 g/mol. The van der Waals surface area contributed by atoms with Crippen LogP contribution in [0.15, 0.2) is 42.0 Å². The van der Waals surface area contributed by atoms with Crippen LogP contribution in [-0.2, 0) is 11.3 Å². The van der Waals surface area contributed by atoms with Crippen LogP contribution < -0.4 is 0 Å². The molecule has 3 fully saturated rings. The van der Waals surface area contributed by atoms with E-state index < -0.39 is 0 Å². The quantitative estimate of drug-likeness (QED) is 0.231. The molecule has 174 valence electrons. The molecule has 1 spiro atoms. The van der Waals surface area contributed by atoms with Crippen molar-refractivity contribution >= 4 is 6.21 Å². The van der Waals surface area contributed by atoms with Gasteiger partial charge in [0.2, 0.25) is 0 Å². The van der Waals surface area contributed by atoms with Gasteiger partial charge in [-0.25, -0.2) is 4.58 Å². The van der Waals surface area contributed by atoms with E-state index in [-0.39, 0.29) is 0 Å². The molecule has 2 nitrogen and oxygen atoms in total. The fourth-order valence-electron chi connectivity index (χ4n) is 9.27. The summed E-state index contributed by atoms with van der Waals surface area (Å²) in [4.78, 5) is 0. The number of rotatable bonds is 9. The molecule has 2 heteroatoms. The highest BCUT2D eigenvalue weighted by atomic mass is 16.5. The van der Waals surface area contributed by atoms with Crippen LogP contribution in [0.1, 0.15) is 84.1 Å². The predicted molar refractivity (Wildman–Crippen MR) is 133 cm³/mol. The third kappa shape index (κ3) is 3.27. The summed E-state index contributed by atoms with van der Waals surface area (Å²) in [5.74, 6) is 1.75. The third-order valence-corrected chi connectivity index (χ3v) is 10.3. The smallest absolute Gasteiger partial charge is 0.161 e. The van der Waals surface area contributed by atoms with Crippen LogP contribution in [0, 0.1) is 28.1 Å². The summed E-state index contributed by atoms with van der Waals surface area (Å²) in [6.07, 6.45) is 17.6. The standard InChI is InChI=1S/C30H44NO/c1-23(2)11-8-16-28(3)25-15-19-29-17-9-14-26(29)30(28,22-31(4)27(25)29)18-10-20-32-21-24-12-6-5-7-13-24/h5-7,11-13,22,25-27H,8-10,14-21H2,1-4H3/q+1/t25?,26?,27?,28?,29-,30?/m1/s1. The Morgan fingerprint density at radius 2 is 1.94 bits per heavy atom. The second-order valence-electron chi connectivity index (χ2n) is 12.0. The Morgan fingerprint density at radius 1 is 1.12 bits per heavy atom. The van der Waals surface area contributed by atoms with Crippen LogP contribution in [0.5, 0.6) is 0 Å². The number of hydrogen-bond donors (Lipinski definition) is 0. The molecule has 3 aliphatic carbocycles. The van der Waals surface area contributed by atoms with Crippen LogP contribution in [0.4, 0.5) is 0 Å². The number of nitrogens with zero attached hydrogens (tertiary/aromatic N) is 1. The predicted octanol–water partition coefficient (Wildman–Crippen LogP) is 7.03. The van der Waals surface area contributed by atoms with Gasteiger partial charge in [0.05, 0.1) is 12.0 Å². The zero-order valence-corrected chi connectivity index (χ0v) is 20.9. The van der Waals surface area contributed by atoms with Gasteiger partial charge in [-0.15, -0.1) is 0 Å². The van der Waals surface area contributed by atoms with Crippen molar-refractivity contribution in [1.82, 2.24) is 0 Å². The van der Waals surface area contributed by atoms with Gasteiger partial charge >= 0.3 is 0 Å². The second kappa shape index (κ2) is 8.42. The van der Waals surface area contributed by atoms with Crippen molar-refractivity contribution in [1.29, 1.82) is 0 Å². The Labute approximate surface area is 196 Å². The van der Waals surface area contributed by atoms with Crippen LogP contribution in [0.3, 0.4) is 0 Å². The Hall–Kier alpha value is -1.41. The minimum absolute atomic E-state index is 0.347. The first-order chi connectivity index (χ1) is 15.4. The van der Waals surface area contributed by atoms with E-state index in [1.165, 1.54) is 68.9 Å². The van der Waals surface area contributed by atoms with Gasteiger partial charge < -0.3 is 4.74 Å². The highest BCUT2D eigenvalue weighted by Crippen LogP contribution is 2.77. The average molecular weight is 435 g/mol. The molecule has 32 heavy (non-hydrogen) atoms. The maximum atomic E-state index is 6.16. The summed E-state index contributed by atoms with van der Waals surface area (Å²) >= 11 is 0. The van der Waals surface area contributed by atoms with Crippen molar-refractivity contribution in [3.63, 3.8) is 0 Å². The average Bonchev–Trinajstić information content (AvgIpc) is 3.37. The normalized spacial score (nSPS) is 39.1. The molecule has 0 radical (unpaired) electrons. The molecule has 0 amide bonds. The summed E-state index contributed by atoms with van der Waals surface area (Å²) in [5.41, 5.74) is 4.13. The molecule has 1 aromatic carbocycles. The van der Waals surface area contributed by atoms with E-state index in [2.05, 4.69) is 75.0 Å². The van der Waals surface area contributed by atoms with Crippen molar-refractivity contribution in [2.45, 2.75) is 91.2 Å². The topological polar surface area (TPSA) is 12.2 Å². The number of allylic oxidation sites excluding steroid dienone is 2. The fraction of sp³-hybridized carbons (Fsp3) is 0.700. The molecule has 4 bridgehead atoms. The molecule has 2 aliphatic heterocycles. The molecule has 0 saturated heterocycles. The molecule has 1 aromatic rings. The maximum Gasteiger partial charge on any atom is 0.161 e. The van der Waals surface area contributed by atoms with Crippen LogP contribution in [0.25, 0.3) is 0 Å². The Morgan fingerprint density at radius 3 is 2.72 bits per heavy atom. The fourth-order valence-corrected chi connectivity index (χ4v) is 9.27. The van der Waals surface area contributed by atoms with E-state index in [4.69, 9.17) is 4.74 Å². The molecular weight excluding hydrogens is 390 g/mol. The van der Waals surface area contributed by atoms with Gasteiger partial charge in [-0.1, -0.05) is 55.3 Å². The lowest BCUT2D eigenvalue weighted by Gasteiger charge is -2.63. The summed E-state index contributed by atoms with van der Waals surface area (Å²) in [6, 6.07) is 11.4. The van der Waals surface area contributed by atoms with Crippen molar-refractivity contribution in [2.75, 3.05) is 13.7 Å². The molecule has 5 unspecified atom stereocenters. The minimum atomic E-state index is 0.347. The van der Waals surface area contributed by atoms with Crippen molar-refractivity contribution in [2.24, 2.45) is 28.1 Å². The molecule has 5 aliphatic rings. The molecule has 3 saturated carbocycles. The van der Waals surface area contributed by atoms with Crippen LogP contribution in [-0.4, -0.2) is 30.5 Å². The Balaban J connectivity index is 1.38. The molecular formula is C30H44NO+. The molecule has 6 rings (SSSR count). The third-order valence-electron chi connectivity index (χ3n) is 10.3. The van der Waals surface area contributed by atoms with Crippen molar-refractivity contribution in [3.8, 4) is 0 Å². The van der Waals surface area contributed by atoms with E-state index in [0.717, 1.165) is 31.1 Å². The zero-order valence-electron chi connectivity index (χ0n) is 20.9. The van der Waals surface area contributed by atoms with Crippen molar-refractivity contribution in [3.05, 3.63) is 47.5 Å². The lowest BCUT2D eigenvalue weighted by molar-refractivity contribution is -0.591. The van der Waals surface area contributed by atoms with Gasteiger partial charge in [0.15, 0.2) is 6.04 Å². The number of hydrogen-bond acceptors (Lipinski definition) is 1. The van der Waals surface area contributed by atoms with E-state index in [0.29, 0.717) is 16.2 Å². The molecule has 2 heterocycles. The lowest BCUT2D eigenvalue weighted by Crippen LogP contribution is -2.69. The minimum Gasteiger partial charge on any atom is -0.377 e. The highest BCUT2D eigenvalue weighted by Gasteiger charge is 2.78. The summed E-state index contributed by atoms with van der Waals surface area (Å²) in [6.45, 7) is 8.84. The number of benzene rings is 1. The van der Waals surface area contributed by atoms with Gasteiger partial charge in [0, 0.05) is 17.9 Å². The first kappa shape index (κ1) is 22.4. The first-order valence-electron chi connectivity index (χ1n) is 13.3. The molecule has 0 aromatic heterocycles. The molecule has 6 atom stereocenters. The van der Waals surface area contributed by atoms with Crippen molar-refractivity contribution < 1.29 is 9.31 Å². The summed E-state index contributed by atoms with van der Waals surface area (Å²) < 4.78 is 8.88. The second-order valence-corrected chi connectivity index (χ2v) is 12.0. The van der Waals surface area contributed by atoms with Crippen LogP contribution in [0.2, 0.25) is 0 Å². The Kier molecular flexibility index (Phi) is 5.89. The van der Waals surface area contributed by atoms with Crippen LogP contribution >= 0.6 is 0 Å². The molecule has 0 N–H and O–H groups in total. The lowest BCUT2D eigenvalue weighted by atomic mass is 9.40.